The fraction of sp³-hybridized carbons (Fsp3) is 0.240. The van der Waals surface area contributed by atoms with E-state index in [0.29, 0.717) is 12.8 Å². The maximum Gasteiger partial charge on any atom is 0.417 e. The van der Waals surface area contributed by atoms with Crippen LogP contribution in [-0.4, -0.2) is 51.7 Å². The van der Waals surface area contributed by atoms with Crippen LogP contribution < -0.4 is 10.6 Å². The number of nitrogens with one attached hydrogen (secondary N) is 2. The fourth-order valence-electron chi connectivity index (χ4n) is 3.97. The molecule has 1 saturated heterocycles. The van der Waals surface area contributed by atoms with Gasteiger partial charge in [-0.2, -0.15) is 13.2 Å². The number of carbonyl (C=O) groups is 3. The van der Waals surface area contributed by atoms with E-state index in [1.165, 1.54) is 47.6 Å². The van der Waals surface area contributed by atoms with Crippen LogP contribution in [0.4, 0.5) is 23.4 Å². The van der Waals surface area contributed by atoms with Gasteiger partial charge in [-0.3, -0.25) is 14.4 Å². The summed E-state index contributed by atoms with van der Waals surface area (Å²) in [5.74, 6) is -2.76. The van der Waals surface area contributed by atoms with Crippen molar-refractivity contribution < 1.29 is 31.9 Å². The predicted molar refractivity (Wildman–Crippen MR) is 124 cm³/mol. The van der Waals surface area contributed by atoms with E-state index in [1.807, 2.05) is 0 Å². The molecular weight excluding hydrogens is 494 g/mol. The van der Waals surface area contributed by atoms with Gasteiger partial charge in [0.15, 0.2) is 11.5 Å². The number of piperidine rings is 1. The maximum atomic E-state index is 13.4. The summed E-state index contributed by atoms with van der Waals surface area (Å²) in [6.45, 7) is 0.277. The van der Waals surface area contributed by atoms with E-state index in [4.69, 9.17) is 0 Å². The molecule has 2 aromatic carbocycles. The van der Waals surface area contributed by atoms with E-state index < -0.39 is 40.8 Å². The third-order valence-corrected chi connectivity index (χ3v) is 5.81. The second-order valence-electron chi connectivity index (χ2n) is 8.30. The van der Waals surface area contributed by atoms with Gasteiger partial charge in [-0.1, -0.05) is 18.2 Å². The van der Waals surface area contributed by atoms with Crippen LogP contribution in [0.1, 0.15) is 49.6 Å². The molecule has 1 aromatic heterocycles. The number of likely N-dealkylation sites (tertiary alicyclic amines) is 1. The number of rotatable bonds is 5. The minimum absolute atomic E-state index is 0.0288. The Bertz CT molecular complexity index is 1320. The number of benzene rings is 2. The number of alkyl halides is 3. The van der Waals surface area contributed by atoms with Gasteiger partial charge in [0.05, 0.1) is 11.1 Å². The highest BCUT2D eigenvalue weighted by atomic mass is 19.4. The minimum Gasteiger partial charge on any atom is -0.348 e. The van der Waals surface area contributed by atoms with E-state index in [0.717, 1.165) is 18.2 Å². The van der Waals surface area contributed by atoms with E-state index >= 15 is 0 Å². The first-order valence-corrected chi connectivity index (χ1v) is 11.3. The number of amides is 3. The topological polar surface area (TPSA) is 104 Å². The molecule has 3 aromatic rings. The standard InChI is InChI=1S/C25H21F4N5O3/c26-16-5-3-4-15(14-16)22(35)33-21-20(30-10-11-31-21)23(36)32-17-8-12-34(13-9-17)24(37)18-6-1-2-7-19(18)25(27,28)29/h1-7,10-11,14,17H,8-9,12-13H2,(H,32,36)(H,31,33,35). The lowest BCUT2D eigenvalue weighted by Crippen LogP contribution is -2.47. The summed E-state index contributed by atoms with van der Waals surface area (Å²) >= 11 is 0. The van der Waals surface area contributed by atoms with Gasteiger partial charge in [-0.15, -0.1) is 0 Å². The Morgan fingerprint density at radius 3 is 2.32 bits per heavy atom. The smallest absolute Gasteiger partial charge is 0.348 e. The Balaban J connectivity index is 1.38. The van der Waals surface area contributed by atoms with Crippen molar-refractivity contribution in [2.75, 3.05) is 18.4 Å². The molecule has 0 atom stereocenters. The van der Waals surface area contributed by atoms with Crippen LogP contribution in [0.3, 0.4) is 0 Å². The third-order valence-electron chi connectivity index (χ3n) is 5.81. The van der Waals surface area contributed by atoms with Crippen molar-refractivity contribution in [3.8, 4) is 0 Å². The highest BCUT2D eigenvalue weighted by Crippen LogP contribution is 2.32. The number of hydrogen-bond donors (Lipinski definition) is 2. The van der Waals surface area contributed by atoms with E-state index in [1.54, 1.807) is 0 Å². The lowest BCUT2D eigenvalue weighted by Gasteiger charge is -2.33. The van der Waals surface area contributed by atoms with Gasteiger partial charge in [0, 0.05) is 37.1 Å². The average Bonchev–Trinajstić information content (AvgIpc) is 2.88. The molecule has 0 aliphatic carbocycles. The minimum atomic E-state index is -4.66. The van der Waals surface area contributed by atoms with E-state index in [9.17, 15) is 31.9 Å². The number of aromatic nitrogens is 2. The molecule has 0 unspecified atom stereocenters. The predicted octanol–water partition coefficient (Wildman–Crippen LogP) is 3.92. The summed E-state index contributed by atoms with van der Waals surface area (Å²) in [5.41, 5.74) is -1.55. The van der Waals surface area contributed by atoms with Crippen molar-refractivity contribution >= 4 is 23.5 Å². The summed E-state index contributed by atoms with van der Waals surface area (Å²) in [7, 11) is 0. The Labute approximate surface area is 208 Å². The molecule has 0 spiro atoms. The molecule has 192 valence electrons. The van der Waals surface area contributed by atoms with Crippen LogP contribution in [0.5, 0.6) is 0 Å². The summed E-state index contributed by atoms with van der Waals surface area (Å²) in [6.07, 6.45) is -1.50. The van der Waals surface area contributed by atoms with Gasteiger partial charge in [0.1, 0.15) is 5.82 Å². The largest absolute Gasteiger partial charge is 0.417 e. The van der Waals surface area contributed by atoms with Crippen molar-refractivity contribution in [2.24, 2.45) is 0 Å². The number of halogens is 4. The number of carbonyl (C=O) groups excluding carboxylic acids is 3. The second-order valence-corrected chi connectivity index (χ2v) is 8.30. The van der Waals surface area contributed by atoms with E-state index in [2.05, 4.69) is 20.6 Å². The van der Waals surface area contributed by atoms with Gasteiger partial charge in [0.25, 0.3) is 17.7 Å². The highest BCUT2D eigenvalue weighted by molar-refractivity contribution is 6.07. The zero-order valence-electron chi connectivity index (χ0n) is 19.3. The molecule has 0 saturated carbocycles. The van der Waals surface area contributed by atoms with Gasteiger partial charge in [-0.05, 0) is 43.2 Å². The molecule has 3 amide bonds. The third kappa shape index (κ3) is 6.08. The normalized spacial score (nSPS) is 14.2. The molecule has 2 N–H and O–H groups in total. The molecule has 37 heavy (non-hydrogen) atoms. The van der Waals surface area contributed by atoms with E-state index in [-0.39, 0.29) is 36.2 Å². The molecule has 0 bridgehead atoms. The molecule has 1 fully saturated rings. The van der Waals surface area contributed by atoms with Crippen LogP contribution in [-0.2, 0) is 6.18 Å². The van der Waals surface area contributed by atoms with Crippen molar-refractivity contribution in [2.45, 2.75) is 25.1 Å². The average molecular weight is 515 g/mol. The summed E-state index contributed by atoms with van der Waals surface area (Å²) in [5, 5.41) is 5.21. The molecule has 4 rings (SSSR count). The van der Waals surface area contributed by atoms with Crippen LogP contribution in [0, 0.1) is 5.82 Å². The van der Waals surface area contributed by atoms with Gasteiger partial charge >= 0.3 is 6.18 Å². The highest BCUT2D eigenvalue weighted by Gasteiger charge is 2.36. The van der Waals surface area contributed by atoms with Crippen LogP contribution in [0.2, 0.25) is 0 Å². The Hall–Kier alpha value is -4.35. The Kier molecular flexibility index (Phi) is 7.46. The lowest BCUT2D eigenvalue weighted by molar-refractivity contribution is -0.138. The molecular formula is C25H21F4N5O3. The first-order valence-electron chi connectivity index (χ1n) is 11.3. The van der Waals surface area contributed by atoms with Crippen molar-refractivity contribution in [1.82, 2.24) is 20.2 Å². The summed E-state index contributed by atoms with van der Waals surface area (Å²) in [4.78, 5) is 47.4. The zero-order chi connectivity index (χ0) is 26.6. The van der Waals surface area contributed by atoms with Crippen molar-refractivity contribution in [3.63, 3.8) is 0 Å². The molecule has 12 heteroatoms. The molecule has 0 radical (unpaired) electrons. The summed E-state index contributed by atoms with van der Waals surface area (Å²) in [6, 6.07) is 9.22. The zero-order valence-corrected chi connectivity index (χ0v) is 19.3. The van der Waals surface area contributed by atoms with Crippen LogP contribution >= 0.6 is 0 Å². The monoisotopic (exact) mass is 515 g/mol. The molecule has 1 aliphatic rings. The first-order chi connectivity index (χ1) is 17.6. The SMILES string of the molecule is O=C(Nc1nccnc1C(=O)NC1CCN(C(=O)c2ccccc2C(F)(F)F)CC1)c1cccc(F)c1. The molecule has 2 heterocycles. The van der Waals surface area contributed by atoms with Gasteiger partial charge < -0.3 is 15.5 Å². The van der Waals surface area contributed by atoms with Crippen LogP contribution in [0.25, 0.3) is 0 Å². The first kappa shape index (κ1) is 25.7. The second kappa shape index (κ2) is 10.7. The number of nitrogens with zero attached hydrogens (tertiary/aromatic N) is 3. The van der Waals surface area contributed by atoms with Crippen molar-refractivity contribution in [3.05, 3.63) is 89.1 Å². The Morgan fingerprint density at radius 2 is 1.62 bits per heavy atom. The summed E-state index contributed by atoms with van der Waals surface area (Å²) < 4.78 is 53.3. The molecule has 1 aliphatic heterocycles. The fourth-order valence-corrected chi connectivity index (χ4v) is 3.97. The quantitative estimate of drug-likeness (QED) is 0.502. The number of anilines is 1. The van der Waals surface area contributed by atoms with Crippen LogP contribution in [0.15, 0.2) is 60.9 Å². The maximum absolute atomic E-state index is 13.4. The Morgan fingerprint density at radius 1 is 0.919 bits per heavy atom. The lowest BCUT2D eigenvalue weighted by atomic mass is 10.0. The molecule has 8 nitrogen and oxygen atoms in total. The number of hydrogen-bond acceptors (Lipinski definition) is 5. The van der Waals surface area contributed by atoms with Gasteiger partial charge in [0.2, 0.25) is 0 Å². The van der Waals surface area contributed by atoms with Gasteiger partial charge in [-0.25, -0.2) is 14.4 Å². The van der Waals surface area contributed by atoms with Crippen molar-refractivity contribution in [1.29, 1.82) is 0 Å².